The summed E-state index contributed by atoms with van der Waals surface area (Å²) in [5, 5.41) is 0. The van der Waals surface area contributed by atoms with E-state index in [0.717, 1.165) is 6.42 Å². The highest BCUT2D eigenvalue weighted by Crippen LogP contribution is 2.01. The lowest BCUT2D eigenvalue weighted by Crippen LogP contribution is -2.27. The van der Waals surface area contributed by atoms with E-state index in [9.17, 15) is 0 Å². The second-order valence-corrected chi connectivity index (χ2v) is 4.05. The molecular weight excluding hydrogens is 148 g/mol. The van der Waals surface area contributed by atoms with E-state index in [2.05, 4.69) is 32.7 Å². The molecule has 0 aliphatic rings. The van der Waals surface area contributed by atoms with Crippen molar-refractivity contribution >= 4 is 0 Å². The molecule has 0 heterocycles. The molecular formula is C10H24N2. The smallest absolute Gasteiger partial charge is 0.00355 e. The van der Waals surface area contributed by atoms with Gasteiger partial charge in [0, 0.05) is 12.1 Å². The van der Waals surface area contributed by atoms with Gasteiger partial charge in [0.15, 0.2) is 0 Å². The molecule has 0 aliphatic heterocycles. The zero-order valence-corrected chi connectivity index (χ0v) is 9.01. The molecule has 74 valence electrons. The number of unbranched alkanes of at least 4 members (excludes halogenated alkanes) is 1. The Morgan fingerprint density at radius 2 is 1.75 bits per heavy atom. The first-order valence-electron chi connectivity index (χ1n) is 5.00. The second kappa shape index (κ2) is 6.44. The SMILES string of the molecule is CC(C)N(C)CCCC[C@@H](C)N. The van der Waals surface area contributed by atoms with Crippen LogP contribution in [0.25, 0.3) is 0 Å². The summed E-state index contributed by atoms with van der Waals surface area (Å²) in [6.07, 6.45) is 3.69. The third kappa shape index (κ3) is 6.62. The average Bonchev–Trinajstić information content (AvgIpc) is 1.97. The molecule has 0 unspecified atom stereocenters. The largest absolute Gasteiger partial charge is 0.328 e. The highest BCUT2D eigenvalue weighted by Gasteiger charge is 2.02. The van der Waals surface area contributed by atoms with Crippen LogP contribution >= 0.6 is 0 Å². The number of nitrogens with zero attached hydrogens (tertiary/aromatic N) is 1. The fourth-order valence-corrected chi connectivity index (χ4v) is 1.09. The fraction of sp³-hybridized carbons (Fsp3) is 1.00. The minimum atomic E-state index is 0.370. The van der Waals surface area contributed by atoms with Gasteiger partial charge in [-0.05, 0) is 47.2 Å². The summed E-state index contributed by atoms with van der Waals surface area (Å²) < 4.78 is 0. The summed E-state index contributed by atoms with van der Waals surface area (Å²) in [5.74, 6) is 0. The molecule has 0 bridgehead atoms. The maximum absolute atomic E-state index is 5.66. The first-order chi connectivity index (χ1) is 5.54. The fourth-order valence-electron chi connectivity index (χ4n) is 1.09. The summed E-state index contributed by atoms with van der Waals surface area (Å²) in [6, 6.07) is 1.04. The predicted octanol–water partition coefficient (Wildman–Crippen LogP) is 1.84. The first kappa shape index (κ1) is 11.9. The van der Waals surface area contributed by atoms with Crippen molar-refractivity contribution in [3.05, 3.63) is 0 Å². The Balaban J connectivity index is 3.20. The summed E-state index contributed by atoms with van der Waals surface area (Å²) in [4.78, 5) is 2.38. The minimum Gasteiger partial charge on any atom is -0.328 e. The number of hydrogen-bond donors (Lipinski definition) is 1. The topological polar surface area (TPSA) is 29.3 Å². The van der Waals surface area contributed by atoms with Gasteiger partial charge in [0.05, 0.1) is 0 Å². The Kier molecular flexibility index (Phi) is 6.39. The summed E-state index contributed by atoms with van der Waals surface area (Å²) in [5.41, 5.74) is 5.66. The minimum absolute atomic E-state index is 0.370. The molecule has 0 fully saturated rings. The highest BCUT2D eigenvalue weighted by molar-refractivity contribution is 4.58. The number of hydrogen-bond acceptors (Lipinski definition) is 2. The van der Waals surface area contributed by atoms with E-state index in [1.807, 2.05) is 0 Å². The van der Waals surface area contributed by atoms with Crippen LogP contribution in [0.1, 0.15) is 40.0 Å². The van der Waals surface area contributed by atoms with E-state index in [1.165, 1.54) is 19.4 Å². The van der Waals surface area contributed by atoms with Crippen molar-refractivity contribution in [1.82, 2.24) is 4.90 Å². The Bertz CT molecular complexity index is 100. The number of nitrogens with two attached hydrogens (primary N) is 1. The molecule has 2 heteroatoms. The molecule has 12 heavy (non-hydrogen) atoms. The standard InChI is InChI=1S/C10H24N2/c1-9(2)12(4)8-6-5-7-10(3)11/h9-10H,5-8,11H2,1-4H3/t10-/m1/s1. The van der Waals surface area contributed by atoms with Gasteiger partial charge in [-0.25, -0.2) is 0 Å². The van der Waals surface area contributed by atoms with Crippen LogP contribution in [0.4, 0.5) is 0 Å². The van der Waals surface area contributed by atoms with Gasteiger partial charge in [-0.15, -0.1) is 0 Å². The lowest BCUT2D eigenvalue weighted by molar-refractivity contribution is 0.266. The molecule has 0 aromatic heterocycles. The van der Waals surface area contributed by atoms with Crippen molar-refractivity contribution in [3.63, 3.8) is 0 Å². The molecule has 1 atom stereocenters. The average molecular weight is 172 g/mol. The van der Waals surface area contributed by atoms with Gasteiger partial charge in [-0.1, -0.05) is 6.42 Å². The maximum atomic E-state index is 5.66. The van der Waals surface area contributed by atoms with Crippen molar-refractivity contribution in [3.8, 4) is 0 Å². The van der Waals surface area contributed by atoms with Gasteiger partial charge in [0.25, 0.3) is 0 Å². The highest BCUT2D eigenvalue weighted by atomic mass is 15.1. The molecule has 0 aromatic carbocycles. The van der Waals surface area contributed by atoms with E-state index in [1.54, 1.807) is 0 Å². The Hall–Kier alpha value is -0.0800. The van der Waals surface area contributed by atoms with Crippen LogP contribution in [-0.4, -0.2) is 30.6 Å². The molecule has 0 spiro atoms. The lowest BCUT2D eigenvalue weighted by atomic mass is 10.1. The van der Waals surface area contributed by atoms with Crippen LogP contribution in [0.2, 0.25) is 0 Å². The van der Waals surface area contributed by atoms with E-state index in [0.29, 0.717) is 12.1 Å². The van der Waals surface area contributed by atoms with E-state index >= 15 is 0 Å². The maximum Gasteiger partial charge on any atom is 0.00355 e. The van der Waals surface area contributed by atoms with Crippen molar-refractivity contribution in [2.24, 2.45) is 5.73 Å². The van der Waals surface area contributed by atoms with Crippen LogP contribution in [0.3, 0.4) is 0 Å². The Labute approximate surface area is 77.1 Å². The summed E-state index contributed by atoms with van der Waals surface area (Å²) >= 11 is 0. The van der Waals surface area contributed by atoms with Gasteiger partial charge >= 0.3 is 0 Å². The summed E-state index contributed by atoms with van der Waals surface area (Å²) in [6.45, 7) is 7.73. The van der Waals surface area contributed by atoms with Gasteiger partial charge in [0.2, 0.25) is 0 Å². The van der Waals surface area contributed by atoms with Crippen molar-refractivity contribution in [2.45, 2.75) is 52.1 Å². The molecule has 0 aromatic rings. The van der Waals surface area contributed by atoms with Gasteiger partial charge < -0.3 is 10.6 Å². The van der Waals surface area contributed by atoms with E-state index in [-0.39, 0.29) is 0 Å². The van der Waals surface area contributed by atoms with Crippen molar-refractivity contribution < 1.29 is 0 Å². The zero-order valence-electron chi connectivity index (χ0n) is 9.01. The Morgan fingerprint density at radius 1 is 1.17 bits per heavy atom. The molecule has 0 radical (unpaired) electrons. The molecule has 0 aliphatic carbocycles. The third-order valence-electron chi connectivity index (χ3n) is 2.30. The van der Waals surface area contributed by atoms with Crippen molar-refractivity contribution in [2.75, 3.05) is 13.6 Å². The van der Waals surface area contributed by atoms with E-state index in [4.69, 9.17) is 5.73 Å². The van der Waals surface area contributed by atoms with Crippen molar-refractivity contribution in [1.29, 1.82) is 0 Å². The molecule has 0 rings (SSSR count). The normalized spacial score (nSPS) is 14.2. The van der Waals surface area contributed by atoms with Crippen LogP contribution in [0, 0.1) is 0 Å². The molecule has 0 saturated heterocycles. The van der Waals surface area contributed by atoms with E-state index < -0.39 is 0 Å². The zero-order chi connectivity index (χ0) is 9.56. The molecule has 0 amide bonds. The van der Waals surface area contributed by atoms with Crippen LogP contribution in [-0.2, 0) is 0 Å². The lowest BCUT2D eigenvalue weighted by Gasteiger charge is -2.20. The van der Waals surface area contributed by atoms with Crippen LogP contribution in [0.15, 0.2) is 0 Å². The predicted molar refractivity (Wildman–Crippen MR) is 55.3 cm³/mol. The first-order valence-corrected chi connectivity index (χ1v) is 5.00. The molecule has 2 nitrogen and oxygen atoms in total. The molecule has 0 saturated carbocycles. The quantitative estimate of drug-likeness (QED) is 0.619. The third-order valence-corrected chi connectivity index (χ3v) is 2.30. The monoisotopic (exact) mass is 172 g/mol. The second-order valence-electron chi connectivity index (χ2n) is 4.05. The summed E-state index contributed by atoms with van der Waals surface area (Å²) in [7, 11) is 2.18. The molecule has 2 N–H and O–H groups in total. The number of rotatable bonds is 6. The van der Waals surface area contributed by atoms with Crippen LogP contribution in [0.5, 0.6) is 0 Å². The van der Waals surface area contributed by atoms with Gasteiger partial charge in [-0.3, -0.25) is 0 Å². The van der Waals surface area contributed by atoms with Gasteiger partial charge in [0.1, 0.15) is 0 Å². The van der Waals surface area contributed by atoms with Crippen LogP contribution < -0.4 is 5.73 Å². The Morgan fingerprint density at radius 3 is 2.17 bits per heavy atom. The van der Waals surface area contributed by atoms with Gasteiger partial charge in [-0.2, -0.15) is 0 Å².